The molecule has 0 aliphatic rings. The standard InChI is InChI=1S/C13H20N2O2/c1-9(2)14-10(3)13(16)15-11-7-5-6-8-12(11)17-4/h5-10,14H,1-4H3,(H,15,16)/t10-/m0/s1. The number of methoxy groups -OCH3 is 1. The van der Waals surface area contributed by atoms with E-state index in [1.165, 1.54) is 0 Å². The molecule has 0 unspecified atom stereocenters. The van der Waals surface area contributed by atoms with Crippen molar-refractivity contribution >= 4 is 11.6 Å². The number of anilines is 1. The summed E-state index contributed by atoms with van der Waals surface area (Å²) >= 11 is 0. The van der Waals surface area contributed by atoms with E-state index in [0.717, 1.165) is 0 Å². The number of amides is 1. The predicted molar refractivity (Wildman–Crippen MR) is 69.4 cm³/mol. The fourth-order valence-electron chi connectivity index (χ4n) is 1.56. The number of para-hydroxylation sites is 2. The SMILES string of the molecule is COc1ccccc1NC(=O)[C@H](C)NC(C)C. The van der Waals surface area contributed by atoms with Crippen LogP contribution in [0.5, 0.6) is 5.75 Å². The molecule has 1 aromatic rings. The topological polar surface area (TPSA) is 50.4 Å². The Labute approximate surface area is 102 Å². The molecule has 0 aromatic heterocycles. The summed E-state index contributed by atoms with van der Waals surface area (Å²) in [7, 11) is 1.58. The lowest BCUT2D eigenvalue weighted by Crippen LogP contribution is -2.41. The second kappa shape index (κ2) is 6.25. The fourth-order valence-corrected chi connectivity index (χ4v) is 1.56. The van der Waals surface area contributed by atoms with E-state index < -0.39 is 0 Å². The molecule has 17 heavy (non-hydrogen) atoms. The average Bonchev–Trinajstić information content (AvgIpc) is 2.28. The van der Waals surface area contributed by atoms with Gasteiger partial charge in [-0.2, -0.15) is 0 Å². The largest absolute Gasteiger partial charge is 0.495 e. The zero-order valence-electron chi connectivity index (χ0n) is 10.8. The highest BCUT2D eigenvalue weighted by Gasteiger charge is 2.14. The fraction of sp³-hybridized carbons (Fsp3) is 0.462. The first-order chi connectivity index (χ1) is 8.04. The van der Waals surface area contributed by atoms with Gasteiger partial charge in [-0.15, -0.1) is 0 Å². The van der Waals surface area contributed by atoms with E-state index in [0.29, 0.717) is 11.4 Å². The van der Waals surface area contributed by atoms with E-state index in [9.17, 15) is 4.79 Å². The molecule has 1 aromatic carbocycles. The zero-order chi connectivity index (χ0) is 12.8. The van der Waals surface area contributed by atoms with Gasteiger partial charge < -0.3 is 15.4 Å². The van der Waals surface area contributed by atoms with Gasteiger partial charge in [0.25, 0.3) is 0 Å². The third kappa shape index (κ3) is 4.07. The molecule has 1 atom stereocenters. The number of ether oxygens (including phenoxy) is 1. The second-order valence-electron chi connectivity index (χ2n) is 4.23. The number of nitrogens with one attached hydrogen (secondary N) is 2. The molecular formula is C13H20N2O2. The van der Waals surface area contributed by atoms with E-state index in [1.54, 1.807) is 7.11 Å². The molecule has 4 heteroatoms. The van der Waals surface area contributed by atoms with Crippen LogP contribution in [0.25, 0.3) is 0 Å². The first kappa shape index (κ1) is 13.5. The van der Waals surface area contributed by atoms with E-state index in [2.05, 4.69) is 10.6 Å². The molecule has 0 bridgehead atoms. The molecule has 4 nitrogen and oxygen atoms in total. The molecule has 0 saturated carbocycles. The van der Waals surface area contributed by atoms with Crippen molar-refractivity contribution in [2.75, 3.05) is 12.4 Å². The number of hydrogen-bond donors (Lipinski definition) is 2. The normalized spacial score (nSPS) is 12.3. The Morgan fingerprint density at radius 3 is 2.47 bits per heavy atom. The minimum Gasteiger partial charge on any atom is -0.495 e. The summed E-state index contributed by atoms with van der Waals surface area (Å²) in [4.78, 5) is 11.9. The van der Waals surface area contributed by atoms with Crippen LogP contribution in [0.1, 0.15) is 20.8 Å². The van der Waals surface area contributed by atoms with Crippen molar-refractivity contribution in [3.63, 3.8) is 0 Å². The second-order valence-corrected chi connectivity index (χ2v) is 4.23. The van der Waals surface area contributed by atoms with E-state index in [4.69, 9.17) is 4.74 Å². The average molecular weight is 236 g/mol. The van der Waals surface area contributed by atoms with Gasteiger partial charge in [-0.25, -0.2) is 0 Å². The molecule has 0 aliphatic heterocycles. The summed E-state index contributed by atoms with van der Waals surface area (Å²) in [6.45, 7) is 5.85. The van der Waals surface area contributed by atoms with E-state index in [-0.39, 0.29) is 18.0 Å². The lowest BCUT2D eigenvalue weighted by molar-refractivity contribution is -0.117. The Morgan fingerprint density at radius 2 is 1.88 bits per heavy atom. The van der Waals surface area contributed by atoms with Gasteiger partial charge in [0, 0.05) is 6.04 Å². The monoisotopic (exact) mass is 236 g/mol. The van der Waals surface area contributed by atoms with E-state index >= 15 is 0 Å². The van der Waals surface area contributed by atoms with Crippen molar-refractivity contribution in [1.82, 2.24) is 5.32 Å². The van der Waals surface area contributed by atoms with Crippen LogP contribution < -0.4 is 15.4 Å². The smallest absolute Gasteiger partial charge is 0.241 e. The van der Waals surface area contributed by atoms with Gasteiger partial charge in [0.1, 0.15) is 5.75 Å². The van der Waals surface area contributed by atoms with Gasteiger partial charge >= 0.3 is 0 Å². The number of hydrogen-bond acceptors (Lipinski definition) is 3. The summed E-state index contributed by atoms with van der Waals surface area (Å²) in [5.74, 6) is 0.598. The quantitative estimate of drug-likeness (QED) is 0.822. The van der Waals surface area contributed by atoms with Crippen molar-refractivity contribution in [2.45, 2.75) is 32.9 Å². The van der Waals surface area contributed by atoms with Crippen molar-refractivity contribution < 1.29 is 9.53 Å². The first-order valence-corrected chi connectivity index (χ1v) is 5.74. The van der Waals surface area contributed by atoms with Crippen molar-refractivity contribution in [1.29, 1.82) is 0 Å². The van der Waals surface area contributed by atoms with Crippen molar-refractivity contribution in [2.24, 2.45) is 0 Å². The zero-order valence-corrected chi connectivity index (χ0v) is 10.8. The number of carbonyl (C=O) groups excluding carboxylic acids is 1. The van der Waals surface area contributed by atoms with Crippen LogP contribution in [0.15, 0.2) is 24.3 Å². The van der Waals surface area contributed by atoms with Crippen molar-refractivity contribution in [3.05, 3.63) is 24.3 Å². The number of benzene rings is 1. The molecule has 1 amide bonds. The van der Waals surface area contributed by atoms with Gasteiger partial charge in [-0.05, 0) is 19.1 Å². The summed E-state index contributed by atoms with van der Waals surface area (Å²) in [5.41, 5.74) is 0.692. The van der Waals surface area contributed by atoms with Gasteiger partial charge in [0.15, 0.2) is 0 Å². The molecule has 0 spiro atoms. The minimum absolute atomic E-state index is 0.0665. The maximum absolute atomic E-state index is 11.9. The van der Waals surface area contributed by atoms with Crippen LogP contribution in [0, 0.1) is 0 Å². The Morgan fingerprint density at radius 1 is 1.24 bits per heavy atom. The third-order valence-corrected chi connectivity index (χ3v) is 2.34. The van der Waals surface area contributed by atoms with Crippen LogP contribution >= 0.6 is 0 Å². The van der Waals surface area contributed by atoms with Crippen LogP contribution in [0.4, 0.5) is 5.69 Å². The Kier molecular flexibility index (Phi) is 4.97. The molecule has 94 valence electrons. The molecule has 0 fully saturated rings. The maximum atomic E-state index is 11.9. The van der Waals surface area contributed by atoms with Crippen LogP contribution in [-0.4, -0.2) is 25.1 Å². The highest BCUT2D eigenvalue weighted by atomic mass is 16.5. The molecular weight excluding hydrogens is 216 g/mol. The van der Waals surface area contributed by atoms with Gasteiger partial charge in [-0.1, -0.05) is 26.0 Å². The molecule has 0 saturated heterocycles. The third-order valence-electron chi connectivity index (χ3n) is 2.34. The van der Waals surface area contributed by atoms with Crippen LogP contribution in [0.3, 0.4) is 0 Å². The lowest BCUT2D eigenvalue weighted by atomic mass is 10.2. The van der Waals surface area contributed by atoms with Crippen LogP contribution in [0.2, 0.25) is 0 Å². The molecule has 0 aliphatic carbocycles. The Bertz CT molecular complexity index is 377. The van der Waals surface area contributed by atoms with Gasteiger partial charge in [0.05, 0.1) is 18.8 Å². The predicted octanol–water partition coefficient (Wildman–Crippen LogP) is 2.02. The summed E-state index contributed by atoms with van der Waals surface area (Å²) < 4.78 is 5.17. The van der Waals surface area contributed by atoms with Crippen LogP contribution in [-0.2, 0) is 4.79 Å². The van der Waals surface area contributed by atoms with Gasteiger partial charge in [0.2, 0.25) is 5.91 Å². The molecule has 0 radical (unpaired) electrons. The Balaban J connectivity index is 2.67. The highest BCUT2D eigenvalue weighted by molar-refractivity contribution is 5.95. The minimum atomic E-state index is -0.236. The first-order valence-electron chi connectivity index (χ1n) is 5.74. The van der Waals surface area contributed by atoms with E-state index in [1.807, 2.05) is 45.0 Å². The Hall–Kier alpha value is -1.55. The summed E-state index contributed by atoms with van der Waals surface area (Å²) in [6, 6.07) is 7.39. The molecule has 2 N–H and O–H groups in total. The van der Waals surface area contributed by atoms with Crippen molar-refractivity contribution in [3.8, 4) is 5.75 Å². The molecule has 0 heterocycles. The summed E-state index contributed by atoms with van der Waals surface area (Å²) in [5, 5.41) is 5.99. The van der Waals surface area contributed by atoms with Gasteiger partial charge in [-0.3, -0.25) is 4.79 Å². The summed E-state index contributed by atoms with van der Waals surface area (Å²) in [6.07, 6.45) is 0. The number of carbonyl (C=O) groups is 1. The number of rotatable bonds is 5. The highest BCUT2D eigenvalue weighted by Crippen LogP contribution is 2.22. The lowest BCUT2D eigenvalue weighted by Gasteiger charge is -2.17. The maximum Gasteiger partial charge on any atom is 0.241 e. The molecule has 1 rings (SSSR count).